The predicted octanol–water partition coefficient (Wildman–Crippen LogP) is 1.40. The van der Waals surface area contributed by atoms with Gasteiger partial charge in [0.1, 0.15) is 6.04 Å². The maximum Gasteiger partial charge on any atom is 0.327 e. The van der Waals surface area contributed by atoms with Crippen LogP contribution in [0.5, 0.6) is 0 Å². The monoisotopic (exact) mass is 301 g/mol. The summed E-state index contributed by atoms with van der Waals surface area (Å²) in [6, 6.07) is 2.09. The number of anilines is 1. The predicted molar refractivity (Wildman–Crippen MR) is 69.7 cm³/mol. The molecule has 0 aliphatic carbocycles. The van der Waals surface area contributed by atoms with Crippen LogP contribution in [0.15, 0.2) is 18.2 Å². The number of non-ortho nitro benzene ring substituents is 1. The van der Waals surface area contributed by atoms with Gasteiger partial charge in [-0.15, -0.1) is 0 Å². The van der Waals surface area contributed by atoms with E-state index in [-0.39, 0.29) is 18.8 Å². The lowest BCUT2D eigenvalue weighted by Crippen LogP contribution is -2.55. The van der Waals surface area contributed by atoms with Crippen molar-refractivity contribution >= 4 is 17.3 Å². The van der Waals surface area contributed by atoms with E-state index >= 15 is 0 Å². The van der Waals surface area contributed by atoms with Crippen molar-refractivity contribution in [2.24, 2.45) is 0 Å². The second-order valence-corrected chi connectivity index (χ2v) is 4.55. The largest absolute Gasteiger partial charge is 0.480 e. The van der Waals surface area contributed by atoms with Crippen molar-refractivity contribution in [3.63, 3.8) is 0 Å². The van der Waals surface area contributed by atoms with Crippen LogP contribution in [0.3, 0.4) is 0 Å². The van der Waals surface area contributed by atoms with Crippen LogP contribution in [0.2, 0.25) is 0 Å². The van der Waals surface area contributed by atoms with Crippen molar-refractivity contribution in [2.75, 3.05) is 24.5 Å². The number of aliphatic carboxylic acids is 1. The summed E-state index contributed by atoms with van der Waals surface area (Å²) in [4.78, 5) is 22.5. The van der Waals surface area contributed by atoms with E-state index in [1.807, 2.05) is 0 Å². The fourth-order valence-corrected chi connectivity index (χ4v) is 2.31. The van der Waals surface area contributed by atoms with Gasteiger partial charge in [0.25, 0.3) is 12.1 Å². The molecule has 1 unspecified atom stereocenters. The van der Waals surface area contributed by atoms with Gasteiger partial charge in [-0.2, -0.15) is 0 Å². The maximum atomic E-state index is 13.1. The summed E-state index contributed by atoms with van der Waals surface area (Å²) in [6.45, 7) is 0.799. The van der Waals surface area contributed by atoms with E-state index in [4.69, 9.17) is 5.11 Å². The van der Waals surface area contributed by atoms with Gasteiger partial charge in [0.2, 0.25) is 0 Å². The van der Waals surface area contributed by atoms with Gasteiger partial charge in [0, 0.05) is 43.0 Å². The quantitative estimate of drug-likeness (QED) is 0.644. The third-order valence-corrected chi connectivity index (χ3v) is 3.29. The van der Waals surface area contributed by atoms with Gasteiger partial charge < -0.3 is 15.3 Å². The lowest BCUT2D eigenvalue weighted by molar-refractivity contribution is -0.385. The minimum atomic E-state index is -2.93. The number of alkyl halides is 2. The number of hydrogen-bond donors (Lipinski definition) is 2. The molecule has 1 aromatic carbocycles. The first-order chi connectivity index (χ1) is 9.91. The van der Waals surface area contributed by atoms with Crippen molar-refractivity contribution in [3.05, 3.63) is 33.9 Å². The molecule has 1 saturated heterocycles. The lowest BCUT2D eigenvalue weighted by Gasteiger charge is -2.36. The van der Waals surface area contributed by atoms with E-state index in [9.17, 15) is 23.7 Å². The highest BCUT2D eigenvalue weighted by atomic mass is 19.3. The topological polar surface area (TPSA) is 95.7 Å². The summed E-state index contributed by atoms with van der Waals surface area (Å²) in [7, 11) is 0. The zero-order valence-corrected chi connectivity index (χ0v) is 10.8. The van der Waals surface area contributed by atoms with E-state index in [0.717, 1.165) is 12.1 Å². The number of nitrogens with one attached hydrogen (secondary N) is 1. The normalized spacial score (nSPS) is 18.8. The maximum absolute atomic E-state index is 13.1. The highest BCUT2D eigenvalue weighted by Crippen LogP contribution is 2.34. The number of nitro groups is 1. The molecule has 1 atom stereocenters. The van der Waals surface area contributed by atoms with Crippen molar-refractivity contribution in [1.82, 2.24) is 5.32 Å². The third kappa shape index (κ3) is 3.07. The smallest absolute Gasteiger partial charge is 0.327 e. The van der Waals surface area contributed by atoms with Crippen LogP contribution in [-0.2, 0) is 4.79 Å². The minimum absolute atomic E-state index is 0.0181. The Labute approximate surface area is 118 Å². The first-order valence-corrected chi connectivity index (χ1v) is 6.18. The minimum Gasteiger partial charge on any atom is -0.480 e. The van der Waals surface area contributed by atoms with Crippen LogP contribution in [0, 0.1) is 10.1 Å². The molecule has 1 aliphatic rings. The molecule has 0 bridgehead atoms. The molecule has 0 aromatic heterocycles. The first-order valence-electron chi connectivity index (χ1n) is 6.18. The van der Waals surface area contributed by atoms with Gasteiger partial charge in [-0.3, -0.25) is 10.1 Å². The third-order valence-electron chi connectivity index (χ3n) is 3.29. The molecule has 7 nitrogen and oxygen atoms in total. The second kappa shape index (κ2) is 6.00. The molecule has 2 N–H and O–H groups in total. The Balaban J connectivity index is 2.46. The van der Waals surface area contributed by atoms with Crippen molar-refractivity contribution in [1.29, 1.82) is 0 Å². The molecular weight excluding hydrogens is 288 g/mol. The van der Waals surface area contributed by atoms with Gasteiger partial charge in [-0.1, -0.05) is 0 Å². The van der Waals surface area contributed by atoms with Crippen molar-refractivity contribution in [3.8, 4) is 0 Å². The van der Waals surface area contributed by atoms with Crippen LogP contribution in [-0.4, -0.2) is 41.7 Å². The Morgan fingerprint density at radius 3 is 2.81 bits per heavy atom. The summed E-state index contributed by atoms with van der Waals surface area (Å²) in [5.41, 5.74) is -0.960. The van der Waals surface area contributed by atoms with Crippen molar-refractivity contribution < 1.29 is 23.6 Å². The number of hydrogen-bond acceptors (Lipinski definition) is 5. The van der Waals surface area contributed by atoms with E-state index < -0.39 is 34.6 Å². The number of carbonyl (C=O) groups is 1. The number of carboxylic acid groups (broad SMARTS) is 1. The zero-order chi connectivity index (χ0) is 15.6. The molecule has 0 radical (unpaired) electrons. The van der Waals surface area contributed by atoms with Crippen LogP contribution in [0.4, 0.5) is 20.2 Å². The van der Waals surface area contributed by atoms with Gasteiger partial charge in [-0.25, -0.2) is 13.6 Å². The molecular formula is C12H13F2N3O4. The SMILES string of the molecule is O=C(O)C1CNCCN1c1ccc([N+](=O)[O-])cc1C(F)F. The van der Waals surface area contributed by atoms with E-state index in [1.165, 1.54) is 11.0 Å². The summed E-state index contributed by atoms with van der Waals surface area (Å²) >= 11 is 0. The average molecular weight is 301 g/mol. The van der Waals surface area contributed by atoms with Crippen LogP contribution < -0.4 is 10.2 Å². The fraction of sp³-hybridized carbons (Fsp3) is 0.417. The number of nitrogens with zero attached hydrogens (tertiary/aromatic N) is 2. The van der Waals surface area contributed by atoms with E-state index in [0.29, 0.717) is 6.54 Å². The zero-order valence-electron chi connectivity index (χ0n) is 10.8. The average Bonchev–Trinajstić information content (AvgIpc) is 2.46. The molecule has 0 spiro atoms. The van der Waals surface area contributed by atoms with E-state index in [1.54, 1.807) is 0 Å². The van der Waals surface area contributed by atoms with Crippen LogP contribution in [0.1, 0.15) is 12.0 Å². The molecule has 21 heavy (non-hydrogen) atoms. The molecule has 0 amide bonds. The summed E-state index contributed by atoms with van der Waals surface area (Å²) in [5, 5.41) is 22.7. The van der Waals surface area contributed by atoms with Gasteiger partial charge >= 0.3 is 5.97 Å². The Hall–Kier alpha value is -2.29. The molecule has 1 aliphatic heterocycles. The number of rotatable bonds is 4. The van der Waals surface area contributed by atoms with E-state index in [2.05, 4.69) is 5.32 Å². The van der Waals surface area contributed by atoms with Crippen molar-refractivity contribution in [2.45, 2.75) is 12.5 Å². The molecule has 1 heterocycles. The summed E-state index contributed by atoms with van der Waals surface area (Å²) in [6.07, 6.45) is -2.93. The molecule has 1 aromatic rings. The molecule has 2 rings (SSSR count). The van der Waals surface area contributed by atoms with Gasteiger partial charge in [-0.05, 0) is 6.07 Å². The Bertz CT molecular complexity index is 567. The first kappa shape index (κ1) is 15.1. The number of carboxylic acids is 1. The number of benzene rings is 1. The van der Waals surface area contributed by atoms with Crippen LogP contribution in [0.25, 0.3) is 0 Å². The summed E-state index contributed by atoms with van der Waals surface area (Å²) in [5.74, 6) is -1.14. The highest BCUT2D eigenvalue weighted by Gasteiger charge is 2.32. The number of nitro benzene ring substituents is 1. The molecule has 9 heteroatoms. The Morgan fingerprint density at radius 2 is 2.24 bits per heavy atom. The Morgan fingerprint density at radius 1 is 1.52 bits per heavy atom. The highest BCUT2D eigenvalue weighted by molar-refractivity contribution is 5.79. The number of halogens is 2. The molecule has 1 fully saturated rings. The van der Waals surface area contributed by atoms with Crippen LogP contribution >= 0.6 is 0 Å². The number of piperazine rings is 1. The second-order valence-electron chi connectivity index (χ2n) is 4.55. The van der Waals surface area contributed by atoms with Gasteiger partial charge in [0.05, 0.1) is 4.92 Å². The summed E-state index contributed by atoms with van der Waals surface area (Å²) < 4.78 is 26.3. The standard InChI is InChI=1S/C12H13F2N3O4/c13-11(14)8-5-7(17(20)21)1-2-9(8)16-4-3-15-6-10(16)12(18)19/h1-2,5,10-11,15H,3-4,6H2,(H,18,19). The molecule has 114 valence electrons. The Kier molecular flexibility index (Phi) is 4.32. The lowest BCUT2D eigenvalue weighted by atomic mass is 10.1. The fourth-order valence-electron chi connectivity index (χ4n) is 2.31. The van der Waals surface area contributed by atoms with Gasteiger partial charge in [0.15, 0.2) is 0 Å². The molecule has 0 saturated carbocycles.